The summed E-state index contributed by atoms with van der Waals surface area (Å²) in [5.74, 6) is -1.12. The number of benzene rings is 2. The number of amides is 4. The van der Waals surface area contributed by atoms with E-state index in [0.29, 0.717) is 16.3 Å². The maximum Gasteiger partial charge on any atom is 0.335 e. The van der Waals surface area contributed by atoms with Gasteiger partial charge in [-0.25, -0.2) is 9.69 Å². The van der Waals surface area contributed by atoms with E-state index in [2.05, 4.69) is 31.0 Å². The van der Waals surface area contributed by atoms with Crippen molar-refractivity contribution in [2.75, 3.05) is 16.8 Å². The third-order valence-electron chi connectivity index (χ3n) is 6.76. The second-order valence-electron chi connectivity index (χ2n) is 9.39. The van der Waals surface area contributed by atoms with Gasteiger partial charge in [-0.2, -0.15) is 0 Å². The quantitative estimate of drug-likeness (QED) is 0.494. The molecule has 172 valence electrons. The van der Waals surface area contributed by atoms with Crippen LogP contribution in [0.25, 0.3) is 6.08 Å². The predicted octanol–water partition coefficient (Wildman–Crippen LogP) is 5.29. The van der Waals surface area contributed by atoms with Crippen LogP contribution in [0, 0.1) is 0 Å². The average molecular weight is 466 g/mol. The van der Waals surface area contributed by atoms with Crippen molar-refractivity contribution >= 4 is 46.9 Å². The first-order valence-electron chi connectivity index (χ1n) is 11.1. The number of hydrogen-bond donors (Lipinski definition) is 1. The maximum absolute atomic E-state index is 13.2. The second-order valence-corrected chi connectivity index (χ2v) is 9.79. The van der Waals surface area contributed by atoms with Crippen LogP contribution in [0.2, 0.25) is 5.02 Å². The zero-order valence-corrected chi connectivity index (χ0v) is 20.3. The molecule has 2 heterocycles. The zero-order valence-electron chi connectivity index (χ0n) is 19.5. The molecule has 4 rings (SSSR count). The number of nitrogens with zero attached hydrogens (tertiary/aromatic N) is 2. The van der Waals surface area contributed by atoms with Crippen LogP contribution >= 0.6 is 11.6 Å². The molecule has 33 heavy (non-hydrogen) atoms. The summed E-state index contributed by atoms with van der Waals surface area (Å²) in [6.07, 6.45) is 3.28. The second kappa shape index (κ2) is 8.34. The SMILES string of the molecule is CCc1ccc(N2C(=O)NC(=O)/C(=C/c3cc4c(cc3Cl)N(C)C(C)(C)CC4C)C2=O)cc1. The summed E-state index contributed by atoms with van der Waals surface area (Å²) in [6, 6.07) is 10.2. The van der Waals surface area contributed by atoms with Crippen molar-refractivity contribution in [2.45, 2.75) is 52.0 Å². The number of halogens is 1. The van der Waals surface area contributed by atoms with Gasteiger partial charge >= 0.3 is 6.03 Å². The van der Waals surface area contributed by atoms with Gasteiger partial charge in [0.25, 0.3) is 11.8 Å². The van der Waals surface area contributed by atoms with E-state index in [1.165, 1.54) is 6.08 Å². The van der Waals surface area contributed by atoms with E-state index in [-0.39, 0.29) is 17.0 Å². The highest BCUT2D eigenvalue weighted by molar-refractivity contribution is 6.40. The number of anilines is 2. The number of fused-ring (bicyclic) bond motifs is 1. The predicted molar refractivity (Wildman–Crippen MR) is 132 cm³/mol. The van der Waals surface area contributed by atoms with Gasteiger partial charge in [0, 0.05) is 23.3 Å². The molecule has 6 nitrogen and oxygen atoms in total. The lowest BCUT2D eigenvalue weighted by Crippen LogP contribution is -2.54. The Morgan fingerprint density at radius 2 is 1.82 bits per heavy atom. The zero-order chi connectivity index (χ0) is 24.1. The molecule has 0 spiro atoms. The van der Waals surface area contributed by atoms with Gasteiger partial charge < -0.3 is 4.90 Å². The Labute approximate surface area is 199 Å². The lowest BCUT2D eigenvalue weighted by molar-refractivity contribution is -0.122. The van der Waals surface area contributed by atoms with E-state index < -0.39 is 17.8 Å². The van der Waals surface area contributed by atoms with E-state index in [4.69, 9.17) is 11.6 Å². The summed E-state index contributed by atoms with van der Waals surface area (Å²) in [7, 11) is 2.05. The number of urea groups is 1. The number of imide groups is 2. The molecule has 2 aromatic carbocycles. The number of carbonyl (C=O) groups excluding carboxylic acids is 3. The van der Waals surface area contributed by atoms with Crippen LogP contribution in [0.4, 0.5) is 16.2 Å². The lowest BCUT2D eigenvalue weighted by atomic mass is 9.80. The van der Waals surface area contributed by atoms with Gasteiger partial charge in [0.05, 0.1) is 5.69 Å². The van der Waals surface area contributed by atoms with E-state index in [1.807, 2.05) is 38.2 Å². The summed E-state index contributed by atoms with van der Waals surface area (Å²) in [4.78, 5) is 41.5. The Hall–Kier alpha value is -3.12. The number of carbonyl (C=O) groups is 3. The molecule has 2 aliphatic rings. The van der Waals surface area contributed by atoms with Gasteiger partial charge in [-0.1, -0.05) is 37.6 Å². The van der Waals surface area contributed by atoms with Gasteiger partial charge in [-0.3, -0.25) is 14.9 Å². The molecule has 1 N–H and O–H groups in total. The monoisotopic (exact) mass is 465 g/mol. The molecule has 0 aromatic heterocycles. The van der Waals surface area contributed by atoms with E-state index in [0.717, 1.165) is 34.6 Å². The van der Waals surface area contributed by atoms with Crippen LogP contribution in [-0.4, -0.2) is 30.4 Å². The molecule has 1 unspecified atom stereocenters. The van der Waals surface area contributed by atoms with Gasteiger partial charge in [-0.05, 0) is 79.6 Å². The fraction of sp³-hybridized carbons (Fsp3) is 0.346. The number of rotatable bonds is 3. The minimum absolute atomic E-state index is 0.0108. The number of aryl methyl sites for hydroxylation is 1. The number of barbiturate groups is 1. The third kappa shape index (κ3) is 4.04. The Morgan fingerprint density at radius 3 is 2.45 bits per heavy atom. The van der Waals surface area contributed by atoms with Crippen molar-refractivity contribution in [3.8, 4) is 0 Å². The van der Waals surface area contributed by atoms with Crippen LogP contribution in [0.5, 0.6) is 0 Å². The Bertz CT molecular complexity index is 1180. The van der Waals surface area contributed by atoms with Crippen molar-refractivity contribution in [3.63, 3.8) is 0 Å². The highest BCUT2D eigenvalue weighted by Gasteiger charge is 2.38. The normalized spacial score (nSPS) is 21.3. The molecule has 1 fully saturated rings. The Balaban J connectivity index is 1.75. The summed E-state index contributed by atoms with van der Waals surface area (Å²) < 4.78 is 0. The van der Waals surface area contributed by atoms with Gasteiger partial charge in [0.2, 0.25) is 0 Å². The first-order chi connectivity index (χ1) is 15.5. The summed E-state index contributed by atoms with van der Waals surface area (Å²) in [5.41, 5.74) is 4.07. The highest BCUT2D eigenvalue weighted by atomic mass is 35.5. The van der Waals surface area contributed by atoms with Crippen LogP contribution in [0.1, 0.15) is 56.7 Å². The van der Waals surface area contributed by atoms with Crippen molar-refractivity contribution in [1.82, 2.24) is 5.32 Å². The summed E-state index contributed by atoms with van der Waals surface area (Å²) >= 11 is 6.60. The molecule has 2 aliphatic heterocycles. The standard InChI is InChI=1S/C26H28ClN3O3/c1-6-16-7-9-18(10-8-16)30-24(32)20(23(31)28-25(30)33)12-17-11-19-15(2)14-26(3,4)29(5)22(19)13-21(17)27/h7-13,15H,6,14H2,1-5H3,(H,28,31,33)/b20-12-. The van der Waals surface area contributed by atoms with Gasteiger partial charge in [-0.15, -0.1) is 0 Å². The Morgan fingerprint density at radius 1 is 1.15 bits per heavy atom. The van der Waals surface area contributed by atoms with Crippen molar-refractivity contribution in [1.29, 1.82) is 0 Å². The lowest BCUT2D eigenvalue weighted by Gasteiger charge is -2.45. The molecule has 0 saturated carbocycles. The smallest absolute Gasteiger partial charge is 0.335 e. The topological polar surface area (TPSA) is 69.7 Å². The molecule has 1 saturated heterocycles. The van der Waals surface area contributed by atoms with Crippen LogP contribution in [0.15, 0.2) is 42.0 Å². The largest absolute Gasteiger partial charge is 0.369 e. The maximum atomic E-state index is 13.2. The van der Waals surface area contributed by atoms with E-state index in [9.17, 15) is 14.4 Å². The summed E-state index contributed by atoms with van der Waals surface area (Å²) in [5, 5.41) is 2.71. The van der Waals surface area contributed by atoms with Gasteiger partial charge in [0.1, 0.15) is 5.57 Å². The van der Waals surface area contributed by atoms with Gasteiger partial charge in [0.15, 0.2) is 0 Å². The molecular weight excluding hydrogens is 438 g/mol. The number of nitrogens with one attached hydrogen (secondary N) is 1. The minimum atomic E-state index is -0.764. The first kappa shape index (κ1) is 23.1. The fourth-order valence-electron chi connectivity index (χ4n) is 4.64. The fourth-order valence-corrected chi connectivity index (χ4v) is 4.86. The first-order valence-corrected chi connectivity index (χ1v) is 11.5. The molecule has 7 heteroatoms. The van der Waals surface area contributed by atoms with Crippen LogP contribution in [-0.2, 0) is 16.0 Å². The van der Waals surface area contributed by atoms with Crippen LogP contribution in [0.3, 0.4) is 0 Å². The third-order valence-corrected chi connectivity index (χ3v) is 7.08. The molecule has 2 aromatic rings. The minimum Gasteiger partial charge on any atom is -0.369 e. The number of hydrogen-bond acceptors (Lipinski definition) is 4. The van der Waals surface area contributed by atoms with E-state index >= 15 is 0 Å². The summed E-state index contributed by atoms with van der Waals surface area (Å²) in [6.45, 7) is 8.58. The molecule has 0 radical (unpaired) electrons. The highest BCUT2D eigenvalue weighted by Crippen LogP contribution is 2.44. The van der Waals surface area contributed by atoms with Crippen molar-refractivity contribution < 1.29 is 14.4 Å². The van der Waals surface area contributed by atoms with Crippen LogP contribution < -0.4 is 15.1 Å². The molecule has 0 aliphatic carbocycles. The molecule has 1 atom stereocenters. The van der Waals surface area contributed by atoms with E-state index in [1.54, 1.807) is 12.1 Å². The van der Waals surface area contributed by atoms with Crippen molar-refractivity contribution in [2.24, 2.45) is 0 Å². The van der Waals surface area contributed by atoms with Crippen molar-refractivity contribution in [3.05, 3.63) is 63.7 Å². The average Bonchev–Trinajstić information content (AvgIpc) is 2.75. The molecule has 0 bridgehead atoms. The Kier molecular flexibility index (Phi) is 5.83. The molecular formula is C26H28ClN3O3. The molecule has 4 amide bonds.